The molecule has 0 radical (unpaired) electrons. The van der Waals surface area contributed by atoms with Gasteiger partial charge in [0.1, 0.15) is 17.1 Å². The zero-order valence-electron chi connectivity index (χ0n) is 8.53. The Kier molecular flexibility index (Phi) is 2.48. The van der Waals surface area contributed by atoms with E-state index in [2.05, 4.69) is 0 Å². The summed E-state index contributed by atoms with van der Waals surface area (Å²) in [6.45, 7) is 1.65. The summed E-state index contributed by atoms with van der Waals surface area (Å²) < 4.78 is 17.9. The zero-order valence-corrected chi connectivity index (χ0v) is 8.53. The van der Waals surface area contributed by atoms with Crippen LogP contribution in [0.15, 0.2) is 34.9 Å². The second-order valence-corrected chi connectivity index (χ2v) is 3.43. The average Bonchev–Trinajstić information content (AvgIpc) is 2.61. The molecule has 0 atom stereocenters. The van der Waals surface area contributed by atoms with E-state index >= 15 is 0 Å². The highest BCUT2D eigenvalue weighted by molar-refractivity contribution is 5.95. The lowest BCUT2D eigenvalue weighted by atomic mass is 10.1. The molecule has 16 heavy (non-hydrogen) atoms. The second-order valence-electron chi connectivity index (χ2n) is 3.43. The first-order chi connectivity index (χ1) is 7.59. The van der Waals surface area contributed by atoms with Gasteiger partial charge in [-0.05, 0) is 31.2 Å². The summed E-state index contributed by atoms with van der Waals surface area (Å²) in [5.41, 5.74) is 1.21. The lowest BCUT2D eigenvalue weighted by molar-refractivity contribution is 0.0696. The normalized spacial score (nSPS) is 10.4. The Hall–Kier alpha value is -2.10. The predicted molar refractivity (Wildman–Crippen MR) is 55.8 cm³/mol. The summed E-state index contributed by atoms with van der Waals surface area (Å²) in [5.74, 6) is -1.17. The third-order valence-corrected chi connectivity index (χ3v) is 2.30. The molecule has 0 spiro atoms. The summed E-state index contributed by atoms with van der Waals surface area (Å²) >= 11 is 0. The SMILES string of the molecule is Cc1coc(-c2ccc(F)cc2)c1C(=O)O. The average molecular weight is 220 g/mol. The van der Waals surface area contributed by atoms with Gasteiger partial charge in [0.2, 0.25) is 0 Å². The molecule has 0 aliphatic heterocycles. The van der Waals surface area contributed by atoms with Crippen LogP contribution in [-0.2, 0) is 0 Å². The molecule has 1 aromatic carbocycles. The van der Waals surface area contributed by atoms with Crippen LogP contribution in [0.4, 0.5) is 4.39 Å². The van der Waals surface area contributed by atoms with Crippen LogP contribution < -0.4 is 0 Å². The van der Waals surface area contributed by atoms with Crippen molar-refractivity contribution in [3.8, 4) is 11.3 Å². The van der Waals surface area contributed by atoms with Gasteiger partial charge < -0.3 is 9.52 Å². The van der Waals surface area contributed by atoms with E-state index in [1.165, 1.54) is 30.5 Å². The fourth-order valence-corrected chi connectivity index (χ4v) is 1.52. The van der Waals surface area contributed by atoms with Gasteiger partial charge in [-0.25, -0.2) is 9.18 Å². The maximum absolute atomic E-state index is 12.7. The Morgan fingerprint density at radius 1 is 1.31 bits per heavy atom. The molecule has 2 aromatic rings. The largest absolute Gasteiger partial charge is 0.478 e. The minimum atomic E-state index is -1.05. The van der Waals surface area contributed by atoms with E-state index < -0.39 is 5.97 Å². The first-order valence-electron chi connectivity index (χ1n) is 4.67. The van der Waals surface area contributed by atoms with Gasteiger partial charge >= 0.3 is 5.97 Å². The summed E-state index contributed by atoms with van der Waals surface area (Å²) in [6.07, 6.45) is 1.38. The second kappa shape index (κ2) is 3.81. The zero-order chi connectivity index (χ0) is 11.7. The number of hydrogen-bond donors (Lipinski definition) is 1. The Labute approximate surface area is 91.1 Å². The quantitative estimate of drug-likeness (QED) is 0.845. The highest BCUT2D eigenvalue weighted by Gasteiger charge is 2.18. The predicted octanol–water partition coefficient (Wildman–Crippen LogP) is 3.09. The van der Waals surface area contributed by atoms with Crippen LogP contribution in [-0.4, -0.2) is 11.1 Å². The fraction of sp³-hybridized carbons (Fsp3) is 0.0833. The lowest BCUT2D eigenvalue weighted by Gasteiger charge is -1.99. The van der Waals surface area contributed by atoms with E-state index in [1.54, 1.807) is 6.92 Å². The van der Waals surface area contributed by atoms with Crippen LogP contribution in [0, 0.1) is 12.7 Å². The van der Waals surface area contributed by atoms with Crippen LogP contribution in [0.3, 0.4) is 0 Å². The molecule has 0 fully saturated rings. The topological polar surface area (TPSA) is 50.4 Å². The molecule has 82 valence electrons. The molecule has 0 bridgehead atoms. The van der Waals surface area contributed by atoms with Gasteiger partial charge in [-0.1, -0.05) is 0 Å². The Balaban J connectivity index is 2.56. The Morgan fingerprint density at radius 3 is 2.50 bits per heavy atom. The minimum Gasteiger partial charge on any atom is -0.478 e. The van der Waals surface area contributed by atoms with Crippen molar-refractivity contribution in [3.05, 3.63) is 47.5 Å². The van der Waals surface area contributed by atoms with Gasteiger partial charge in [-0.15, -0.1) is 0 Å². The number of aromatic carboxylic acids is 1. The molecule has 2 rings (SSSR count). The van der Waals surface area contributed by atoms with Crippen LogP contribution in [0.25, 0.3) is 11.3 Å². The first-order valence-corrected chi connectivity index (χ1v) is 4.67. The summed E-state index contributed by atoms with van der Waals surface area (Å²) in [7, 11) is 0. The first kappa shape index (κ1) is 10.4. The molecule has 1 aromatic heterocycles. The van der Waals surface area contributed by atoms with E-state index in [0.29, 0.717) is 11.1 Å². The maximum atomic E-state index is 12.7. The molecule has 0 unspecified atom stereocenters. The number of furan rings is 1. The van der Waals surface area contributed by atoms with E-state index in [4.69, 9.17) is 9.52 Å². The molecule has 0 aliphatic carbocycles. The number of carbonyl (C=O) groups is 1. The van der Waals surface area contributed by atoms with Crippen LogP contribution in [0.2, 0.25) is 0 Å². The summed E-state index contributed by atoms with van der Waals surface area (Å²) in [5, 5.41) is 9.02. The van der Waals surface area contributed by atoms with Crippen molar-refractivity contribution in [2.75, 3.05) is 0 Å². The molecule has 0 saturated carbocycles. The van der Waals surface area contributed by atoms with Crippen molar-refractivity contribution in [3.63, 3.8) is 0 Å². The van der Waals surface area contributed by atoms with E-state index in [-0.39, 0.29) is 17.1 Å². The van der Waals surface area contributed by atoms with Crippen molar-refractivity contribution in [1.29, 1.82) is 0 Å². The molecule has 0 aliphatic rings. The molecule has 4 heteroatoms. The molecule has 3 nitrogen and oxygen atoms in total. The summed E-state index contributed by atoms with van der Waals surface area (Å²) in [4.78, 5) is 11.0. The van der Waals surface area contributed by atoms with E-state index in [0.717, 1.165) is 0 Å². The third kappa shape index (κ3) is 1.69. The fourth-order valence-electron chi connectivity index (χ4n) is 1.52. The van der Waals surface area contributed by atoms with Gasteiger partial charge in [0, 0.05) is 11.1 Å². The minimum absolute atomic E-state index is 0.117. The van der Waals surface area contributed by atoms with Crippen molar-refractivity contribution in [1.82, 2.24) is 0 Å². The molecule has 0 amide bonds. The number of hydrogen-bond acceptors (Lipinski definition) is 2. The van der Waals surface area contributed by atoms with Gasteiger partial charge in [-0.3, -0.25) is 0 Å². The van der Waals surface area contributed by atoms with Crippen molar-refractivity contribution in [2.24, 2.45) is 0 Å². The smallest absolute Gasteiger partial charge is 0.339 e. The van der Waals surface area contributed by atoms with Gasteiger partial charge in [-0.2, -0.15) is 0 Å². The van der Waals surface area contributed by atoms with Gasteiger partial charge in [0.25, 0.3) is 0 Å². The molecular weight excluding hydrogens is 211 g/mol. The molecular formula is C12H9FO3. The number of carboxylic acids is 1. The van der Waals surface area contributed by atoms with Crippen LogP contribution in [0.1, 0.15) is 15.9 Å². The Bertz CT molecular complexity index is 526. The van der Waals surface area contributed by atoms with Crippen molar-refractivity contribution in [2.45, 2.75) is 6.92 Å². The Morgan fingerprint density at radius 2 is 1.94 bits per heavy atom. The number of halogens is 1. The third-order valence-electron chi connectivity index (χ3n) is 2.30. The van der Waals surface area contributed by atoms with Crippen molar-refractivity contribution >= 4 is 5.97 Å². The van der Waals surface area contributed by atoms with E-state index in [9.17, 15) is 9.18 Å². The molecule has 1 heterocycles. The van der Waals surface area contributed by atoms with Gasteiger partial charge in [0.05, 0.1) is 6.26 Å². The number of benzene rings is 1. The highest BCUT2D eigenvalue weighted by Crippen LogP contribution is 2.27. The molecule has 0 saturated heterocycles. The number of carboxylic acid groups (broad SMARTS) is 1. The number of aryl methyl sites for hydroxylation is 1. The number of rotatable bonds is 2. The van der Waals surface area contributed by atoms with Crippen LogP contribution in [0.5, 0.6) is 0 Å². The van der Waals surface area contributed by atoms with E-state index in [1.807, 2.05) is 0 Å². The van der Waals surface area contributed by atoms with Gasteiger partial charge in [0.15, 0.2) is 0 Å². The van der Waals surface area contributed by atoms with Crippen molar-refractivity contribution < 1.29 is 18.7 Å². The standard InChI is InChI=1S/C12H9FO3/c1-7-6-16-11(10(7)12(14)15)8-2-4-9(13)5-3-8/h2-6H,1H3,(H,14,15). The van der Waals surface area contributed by atoms with Crippen LogP contribution >= 0.6 is 0 Å². The highest BCUT2D eigenvalue weighted by atomic mass is 19.1. The summed E-state index contributed by atoms with van der Waals surface area (Å²) in [6, 6.07) is 5.50. The maximum Gasteiger partial charge on any atom is 0.339 e. The monoisotopic (exact) mass is 220 g/mol. The molecule has 1 N–H and O–H groups in total. The lowest BCUT2D eigenvalue weighted by Crippen LogP contribution is -1.98.